The van der Waals surface area contributed by atoms with Gasteiger partial charge in [0.1, 0.15) is 5.75 Å². The van der Waals surface area contributed by atoms with E-state index in [1.54, 1.807) is 36.4 Å². The van der Waals surface area contributed by atoms with E-state index in [1.807, 2.05) is 6.92 Å². The van der Waals surface area contributed by atoms with Gasteiger partial charge in [-0.15, -0.1) is 0 Å². The summed E-state index contributed by atoms with van der Waals surface area (Å²) in [6.45, 7) is 1.81. The Morgan fingerprint density at radius 3 is 2.43 bits per heavy atom. The van der Waals surface area contributed by atoms with Gasteiger partial charge in [-0.05, 0) is 67.5 Å². The standard InChI is InChI=1S/C17H18O3S/c1-12-15-10-6-5-7-13(17(12)18)11-16(15)21(19,20)14-8-3-2-4-9-14/h2-4,8-9,11,18H,5-7,10H2,1H3. The Kier molecular flexibility index (Phi) is 3.49. The van der Waals surface area contributed by atoms with Crippen molar-refractivity contribution in [1.82, 2.24) is 0 Å². The largest absolute Gasteiger partial charge is 0.507 e. The Morgan fingerprint density at radius 2 is 1.71 bits per heavy atom. The normalized spacial score (nSPS) is 14.7. The first kappa shape index (κ1) is 14.1. The first-order valence-corrected chi connectivity index (χ1v) is 8.64. The summed E-state index contributed by atoms with van der Waals surface area (Å²) >= 11 is 0. The van der Waals surface area contributed by atoms with Gasteiger partial charge in [0.15, 0.2) is 0 Å². The smallest absolute Gasteiger partial charge is 0.206 e. The molecule has 0 saturated carbocycles. The monoisotopic (exact) mass is 302 g/mol. The number of sulfone groups is 1. The van der Waals surface area contributed by atoms with E-state index in [-0.39, 0.29) is 5.75 Å². The first-order valence-electron chi connectivity index (χ1n) is 7.16. The first-order chi connectivity index (χ1) is 10.0. The molecule has 2 aromatic carbocycles. The van der Waals surface area contributed by atoms with Crippen LogP contribution in [0.3, 0.4) is 0 Å². The van der Waals surface area contributed by atoms with Crippen molar-refractivity contribution in [3.63, 3.8) is 0 Å². The van der Waals surface area contributed by atoms with Crippen molar-refractivity contribution in [2.75, 3.05) is 0 Å². The highest BCUT2D eigenvalue weighted by molar-refractivity contribution is 7.91. The van der Waals surface area contributed by atoms with Crippen molar-refractivity contribution in [3.05, 3.63) is 53.1 Å². The van der Waals surface area contributed by atoms with Gasteiger partial charge < -0.3 is 5.11 Å². The molecule has 0 unspecified atom stereocenters. The van der Waals surface area contributed by atoms with Crippen LogP contribution in [-0.4, -0.2) is 13.5 Å². The second-order valence-electron chi connectivity index (χ2n) is 5.51. The van der Waals surface area contributed by atoms with Crippen molar-refractivity contribution in [2.45, 2.75) is 42.4 Å². The molecule has 0 saturated heterocycles. The lowest BCUT2D eigenvalue weighted by Gasteiger charge is -2.20. The maximum absolute atomic E-state index is 12.9. The maximum Gasteiger partial charge on any atom is 0.206 e. The van der Waals surface area contributed by atoms with E-state index in [4.69, 9.17) is 0 Å². The van der Waals surface area contributed by atoms with Gasteiger partial charge in [-0.1, -0.05) is 18.2 Å². The third-order valence-electron chi connectivity index (χ3n) is 4.18. The number of phenolic OH excluding ortho intramolecular Hbond substituents is 1. The predicted molar refractivity (Wildman–Crippen MR) is 81.4 cm³/mol. The number of aryl methyl sites for hydroxylation is 1. The fourth-order valence-corrected chi connectivity index (χ4v) is 4.61. The summed E-state index contributed by atoms with van der Waals surface area (Å²) < 4.78 is 25.8. The van der Waals surface area contributed by atoms with E-state index in [0.717, 1.165) is 30.4 Å². The van der Waals surface area contributed by atoms with Crippen molar-refractivity contribution in [1.29, 1.82) is 0 Å². The van der Waals surface area contributed by atoms with E-state index < -0.39 is 9.84 Å². The lowest BCUT2D eigenvalue weighted by molar-refractivity contribution is 0.457. The molecule has 0 fully saturated rings. The fourth-order valence-electron chi connectivity index (χ4n) is 2.97. The Morgan fingerprint density at radius 1 is 1.05 bits per heavy atom. The van der Waals surface area contributed by atoms with Gasteiger partial charge in [-0.2, -0.15) is 0 Å². The van der Waals surface area contributed by atoms with Crippen LogP contribution >= 0.6 is 0 Å². The van der Waals surface area contributed by atoms with Crippen LogP contribution in [0.15, 0.2) is 46.2 Å². The summed E-state index contributed by atoms with van der Waals surface area (Å²) in [7, 11) is -3.53. The summed E-state index contributed by atoms with van der Waals surface area (Å²) in [5.41, 5.74) is 2.21. The zero-order chi connectivity index (χ0) is 15.0. The van der Waals surface area contributed by atoms with E-state index in [2.05, 4.69) is 0 Å². The Bertz CT molecular complexity index is 777. The summed E-state index contributed by atoms with van der Waals surface area (Å²) in [5, 5.41) is 10.2. The number of hydrogen-bond acceptors (Lipinski definition) is 3. The SMILES string of the molecule is Cc1c(O)c2cc(S(=O)(=O)c3ccccc3)c1CCCC2. The topological polar surface area (TPSA) is 54.4 Å². The molecule has 4 rings (SSSR count). The predicted octanol–water partition coefficient (Wildman–Crippen LogP) is 3.41. The molecular weight excluding hydrogens is 284 g/mol. The van der Waals surface area contributed by atoms with Crippen LogP contribution in [0.5, 0.6) is 5.75 Å². The molecule has 2 aromatic rings. The molecule has 4 heteroatoms. The molecule has 2 bridgehead atoms. The lowest BCUT2D eigenvalue weighted by Crippen LogP contribution is -2.11. The Balaban J connectivity index is 2.27. The average molecular weight is 302 g/mol. The summed E-state index contributed by atoms with van der Waals surface area (Å²) in [6, 6.07) is 10.2. The number of rotatable bonds is 2. The van der Waals surface area contributed by atoms with Crippen LogP contribution in [0.4, 0.5) is 0 Å². The van der Waals surface area contributed by atoms with E-state index in [0.29, 0.717) is 21.8 Å². The molecular formula is C17H18O3S. The molecule has 0 spiro atoms. The van der Waals surface area contributed by atoms with E-state index >= 15 is 0 Å². The minimum Gasteiger partial charge on any atom is -0.507 e. The van der Waals surface area contributed by atoms with Gasteiger partial charge in [0, 0.05) is 0 Å². The van der Waals surface area contributed by atoms with Gasteiger partial charge in [0.2, 0.25) is 9.84 Å². The van der Waals surface area contributed by atoms with Crippen LogP contribution in [0.2, 0.25) is 0 Å². The fraction of sp³-hybridized carbons (Fsp3) is 0.294. The van der Waals surface area contributed by atoms with Crippen LogP contribution in [0.25, 0.3) is 0 Å². The van der Waals surface area contributed by atoms with Crippen molar-refractivity contribution < 1.29 is 13.5 Å². The molecule has 0 aromatic heterocycles. The second-order valence-corrected chi connectivity index (χ2v) is 7.43. The zero-order valence-electron chi connectivity index (χ0n) is 12.0. The molecule has 2 aliphatic rings. The number of aromatic hydroxyl groups is 1. The zero-order valence-corrected chi connectivity index (χ0v) is 12.8. The number of fused-ring (bicyclic) bond motifs is 5. The van der Waals surface area contributed by atoms with Gasteiger partial charge in [-0.25, -0.2) is 8.42 Å². The van der Waals surface area contributed by atoms with Crippen LogP contribution in [-0.2, 0) is 22.7 Å². The third kappa shape index (κ3) is 2.33. The highest BCUT2D eigenvalue weighted by atomic mass is 32.2. The molecule has 1 N–H and O–H groups in total. The second kappa shape index (κ2) is 5.19. The van der Waals surface area contributed by atoms with Gasteiger partial charge in [0.25, 0.3) is 0 Å². The molecule has 3 nitrogen and oxygen atoms in total. The summed E-state index contributed by atoms with van der Waals surface area (Å²) in [4.78, 5) is 0.668. The van der Waals surface area contributed by atoms with Gasteiger partial charge in [-0.3, -0.25) is 0 Å². The Hall–Kier alpha value is -1.81. The molecule has 0 radical (unpaired) electrons. The number of benzene rings is 2. The van der Waals surface area contributed by atoms with Gasteiger partial charge >= 0.3 is 0 Å². The average Bonchev–Trinajstić information content (AvgIpc) is 2.46. The highest BCUT2D eigenvalue weighted by Gasteiger charge is 2.26. The van der Waals surface area contributed by atoms with Crippen molar-refractivity contribution >= 4 is 9.84 Å². The quantitative estimate of drug-likeness (QED) is 0.925. The third-order valence-corrected chi connectivity index (χ3v) is 6.02. The summed E-state index contributed by atoms with van der Waals surface area (Å²) in [5.74, 6) is 0.261. The summed E-state index contributed by atoms with van der Waals surface area (Å²) in [6.07, 6.45) is 3.35. The minimum absolute atomic E-state index is 0.261. The van der Waals surface area contributed by atoms with Crippen LogP contribution in [0, 0.1) is 6.92 Å². The van der Waals surface area contributed by atoms with E-state index in [1.165, 1.54) is 0 Å². The molecule has 0 aliphatic heterocycles. The minimum atomic E-state index is -3.53. The molecule has 110 valence electrons. The molecule has 21 heavy (non-hydrogen) atoms. The van der Waals surface area contributed by atoms with E-state index in [9.17, 15) is 13.5 Å². The van der Waals surface area contributed by atoms with Gasteiger partial charge in [0.05, 0.1) is 9.79 Å². The van der Waals surface area contributed by atoms with Crippen molar-refractivity contribution in [2.24, 2.45) is 0 Å². The van der Waals surface area contributed by atoms with Crippen LogP contribution in [0.1, 0.15) is 29.5 Å². The molecule has 0 heterocycles. The molecule has 0 amide bonds. The lowest BCUT2D eigenvalue weighted by atomic mass is 9.92. The number of hydrogen-bond donors (Lipinski definition) is 1. The maximum atomic E-state index is 12.9. The van der Waals surface area contributed by atoms with Crippen molar-refractivity contribution in [3.8, 4) is 5.75 Å². The Labute approximate surface area is 125 Å². The van der Waals surface area contributed by atoms with Crippen LogP contribution < -0.4 is 0 Å². The molecule has 0 atom stereocenters. The molecule has 2 aliphatic carbocycles. The highest BCUT2D eigenvalue weighted by Crippen LogP contribution is 2.37. The number of phenols is 1.